The number of hydrogen-bond donors (Lipinski definition) is 1. The molecule has 25 heavy (non-hydrogen) atoms. The van der Waals surface area contributed by atoms with Crippen molar-refractivity contribution < 1.29 is 9.53 Å². The van der Waals surface area contributed by atoms with E-state index in [1.54, 1.807) is 0 Å². The Hall–Kier alpha value is -1.59. The average Bonchev–Trinajstić information content (AvgIpc) is 2.51. The number of piperazine rings is 1. The van der Waals surface area contributed by atoms with E-state index in [-0.39, 0.29) is 12.1 Å². The maximum atomic E-state index is 11.8. The van der Waals surface area contributed by atoms with Crippen LogP contribution in [0.2, 0.25) is 0 Å². The van der Waals surface area contributed by atoms with E-state index in [0.717, 1.165) is 45.6 Å². The van der Waals surface area contributed by atoms with Gasteiger partial charge in [0.1, 0.15) is 5.60 Å². The van der Waals surface area contributed by atoms with Gasteiger partial charge in [-0.3, -0.25) is 9.80 Å². The van der Waals surface area contributed by atoms with Crippen LogP contribution in [0.3, 0.4) is 0 Å². The van der Waals surface area contributed by atoms with Gasteiger partial charge in [-0.05, 0) is 39.2 Å². The number of alkyl carbamates (subject to hydrolysis) is 1. The van der Waals surface area contributed by atoms with E-state index in [1.165, 1.54) is 5.56 Å². The van der Waals surface area contributed by atoms with Crippen LogP contribution in [0.4, 0.5) is 4.79 Å². The SMILES string of the molecule is CC(C)(C)OC(=O)NC1CC(N2CCN(Cc3ccccc3)CC2)C1. The Morgan fingerprint density at radius 3 is 2.36 bits per heavy atom. The summed E-state index contributed by atoms with van der Waals surface area (Å²) in [5.41, 5.74) is 0.962. The van der Waals surface area contributed by atoms with Crippen molar-refractivity contribution in [3.05, 3.63) is 35.9 Å². The fraction of sp³-hybridized carbons (Fsp3) is 0.650. The fourth-order valence-corrected chi connectivity index (χ4v) is 3.61. The molecule has 2 fully saturated rings. The summed E-state index contributed by atoms with van der Waals surface area (Å²) in [7, 11) is 0. The zero-order valence-electron chi connectivity index (χ0n) is 15.7. The van der Waals surface area contributed by atoms with E-state index in [9.17, 15) is 4.79 Å². The highest BCUT2D eigenvalue weighted by molar-refractivity contribution is 5.68. The monoisotopic (exact) mass is 345 g/mol. The molecule has 1 aliphatic carbocycles. The molecule has 3 rings (SSSR count). The number of nitrogens with zero attached hydrogens (tertiary/aromatic N) is 2. The third-order valence-electron chi connectivity index (χ3n) is 5.01. The Morgan fingerprint density at radius 2 is 1.76 bits per heavy atom. The lowest BCUT2D eigenvalue weighted by Gasteiger charge is -2.46. The molecule has 2 aliphatic rings. The lowest BCUT2D eigenvalue weighted by molar-refractivity contribution is 0.0264. The van der Waals surface area contributed by atoms with E-state index in [1.807, 2.05) is 20.8 Å². The van der Waals surface area contributed by atoms with Gasteiger partial charge in [0.25, 0.3) is 0 Å². The predicted octanol–water partition coefficient (Wildman–Crippen LogP) is 2.86. The van der Waals surface area contributed by atoms with Crippen molar-refractivity contribution in [1.82, 2.24) is 15.1 Å². The minimum Gasteiger partial charge on any atom is -0.444 e. The lowest BCUT2D eigenvalue weighted by Crippen LogP contribution is -2.58. The lowest BCUT2D eigenvalue weighted by atomic mass is 9.85. The number of rotatable bonds is 4. The van der Waals surface area contributed by atoms with Crippen LogP contribution in [0, 0.1) is 0 Å². The van der Waals surface area contributed by atoms with E-state index >= 15 is 0 Å². The largest absolute Gasteiger partial charge is 0.444 e. The van der Waals surface area contributed by atoms with Crippen molar-refractivity contribution in [2.45, 2.75) is 57.8 Å². The molecule has 1 aliphatic heterocycles. The first kappa shape index (κ1) is 18.2. The molecular weight excluding hydrogens is 314 g/mol. The highest BCUT2D eigenvalue weighted by Crippen LogP contribution is 2.27. The molecule has 0 bridgehead atoms. The van der Waals surface area contributed by atoms with Crippen molar-refractivity contribution in [3.8, 4) is 0 Å². The first-order valence-electron chi connectivity index (χ1n) is 9.39. The van der Waals surface area contributed by atoms with E-state index < -0.39 is 5.60 Å². The molecule has 0 unspecified atom stereocenters. The summed E-state index contributed by atoms with van der Waals surface area (Å²) in [5.74, 6) is 0. The third kappa shape index (κ3) is 5.44. The van der Waals surface area contributed by atoms with Gasteiger partial charge in [-0.15, -0.1) is 0 Å². The van der Waals surface area contributed by atoms with Crippen molar-refractivity contribution in [1.29, 1.82) is 0 Å². The summed E-state index contributed by atoms with van der Waals surface area (Å²) in [6, 6.07) is 11.6. The number of amides is 1. The molecule has 1 aromatic carbocycles. The Kier molecular flexibility index (Phi) is 5.64. The summed E-state index contributed by atoms with van der Waals surface area (Å²) in [6.07, 6.45) is 1.79. The van der Waals surface area contributed by atoms with Crippen molar-refractivity contribution >= 4 is 6.09 Å². The second-order valence-corrected chi connectivity index (χ2v) is 8.27. The summed E-state index contributed by atoms with van der Waals surface area (Å²) in [4.78, 5) is 16.9. The number of ether oxygens (including phenoxy) is 1. The number of carbonyl (C=O) groups is 1. The van der Waals surface area contributed by atoms with Gasteiger partial charge in [0.05, 0.1) is 0 Å². The standard InChI is InChI=1S/C20H31N3O2/c1-20(2,3)25-19(24)21-17-13-18(14-17)23-11-9-22(10-12-23)15-16-7-5-4-6-8-16/h4-8,17-18H,9-15H2,1-3H3,(H,21,24). The summed E-state index contributed by atoms with van der Waals surface area (Å²) in [6.45, 7) is 11.2. The molecule has 5 heteroatoms. The van der Waals surface area contributed by atoms with Crippen LogP contribution >= 0.6 is 0 Å². The molecule has 1 aromatic rings. The maximum absolute atomic E-state index is 11.8. The van der Waals surface area contributed by atoms with Crippen LogP contribution in [0.1, 0.15) is 39.2 Å². The molecule has 1 saturated heterocycles. The number of carbonyl (C=O) groups excluding carboxylic acids is 1. The molecule has 1 amide bonds. The van der Waals surface area contributed by atoms with Crippen LogP contribution in [-0.4, -0.2) is 59.8 Å². The van der Waals surface area contributed by atoms with E-state index in [4.69, 9.17) is 4.74 Å². The van der Waals surface area contributed by atoms with Crippen LogP contribution in [0.15, 0.2) is 30.3 Å². The Labute approximate surface area is 151 Å². The summed E-state index contributed by atoms with van der Waals surface area (Å²) >= 11 is 0. The van der Waals surface area contributed by atoms with Crippen LogP contribution in [0.25, 0.3) is 0 Å². The molecule has 138 valence electrons. The molecule has 5 nitrogen and oxygen atoms in total. The van der Waals surface area contributed by atoms with Gasteiger partial charge in [0, 0.05) is 44.8 Å². The molecule has 0 radical (unpaired) electrons. The van der Waals surface area contributed by atoms with Gasteiger partial charge in [0.15, 0.2) is 0 Å². The zero-order valence-corrected chi connectivity index (χ0v) is 15.7. The highest BCUT2D eigenvalue weighted by atomic mass is 16.6. The quantitative estimate of drug-likeness (QED) is 0.911. The number of nitrogens with one attached hydrogen (secondary N) is 1. The fourth-order valence-electron chi connectivity index (χ4n) is 3.61. The van der Waals surface area contributed by atoms with Crippen molar-refractivity contribution in [3.63, 3.8) is 0 Å². The van der Waals surface area contributed by atoms with Gasteiger partial charge in [-0.1, -0.05) is 30.3 Å². The van der Waals surface area contributed by atoms with Crippen LogP contribution in [-0.2, 0) is 11.3 Å². The van der Waals surface area contributed by atoms with Crippen molar-refractivity contribution in [2.24, 2.45) is 0 Å². The molecule has 1 saturated carbocycles. The first-order chi connectivity index (χ1) is 11.9. The summed E-state index contributed by atoms with van der Waals surface area (Å²) in [5, 5.41) is 2.99. The minimum atomic E-state index is -0.428. The first-order valence-corrected chi connectivity index (χ1v) is 9.39. The Balaban J connectivity index is 1.34. The van der Waals surface area contributed by atoms with Gasteiger partial charge in [-0.2, -0.15) is 0 Å². The van der Waals surface area contributed by atoms with E-state index in [2.05, 4.69) is 45.4 Å². The third-order valence-corrected chi connectivity index (χ3v) is 5.01. The Bertz CT molecular complexity index is 556. The van der Waals surface area contributed by atoms with Gasteiger partial charge >= 0.3 is 6.09 Å². The highest BCUT2D eigenvalue weighted by Gasteiger charge is 2.36. The summed E-state index contributed by atoms with van der Waals surface area (Å²) < 4.78 is 5.33. The minimum absolute atomic E-state index is 0.266. The molecule has 0 spiro atoms. The Morgan fingerprint density at radius 1 is 1.12 bits per heavy atom. The van der Waals surface area contributed by atoms with Gasteiger partial charge in [-0.25, -0.2) is 4.79 Å². The zero-order chi connectivity index (χ0) is 17.9. The van der Waals surface area contributed by atoms with Crippen LogP contribution in [0.5, 0.6) is 0 Å². The molecule has 0 aromatic heterocycles. The molecule has 1 heterocycles. The smallest absolute Gasteiger partial charge is 0.407 e. The van der Waals surface area contributed by atoms with Crippen molar-refractivity contribution in [2.75, 3.05) is 26.2 Å². The second-order valence-electron chi connectivity index (χ2n) is 8.27. The predicted molar refractivity (Wildman–Crippen MR) is 99.5 cm³/mol. The van der Waals surface area contributed by atoms with Gasteiger partial charge < -0.3 is 10.1 Å². The second kappa shape index (κ2) is 7.75. The topological polar surface area (TPSA) is 44.8 Å². The molecular formula is C20H31N3O2. The normalized spacial score (nSPS) is 25.2. The number of hydrogen-bond acceptors (Lipinski definition) is 4. The average molecular weight is 345 g/mol. The molecule has 0 atom stereocenters. The maximum Gasteiger partial charge on any atom is 0.407 e. The number of benzene rings is 1. The van der Waals surface area contributed by atoms with Crippen LogP contribution < -0.4 is 5.32 Å². The molecule has 1 N–H and O–H groups in total. The van der Waals surface area contributed by atoms with E-state index in [0.29, 0.717) is 6.04 Å². The van der Waals surface area contributed by atoms with Gasteiger partial charge in [0.2, 0.25) is 0 Å².